The van der Waals surface area contributed by atoms with Gasteiger partial charge in [-0.15, -0.1) is 0 Å². The first-order chi connectivity index (χ1) is 7.77. The van der Waals surface area contributed by atoms with Crippen molar-refractivity contribution in [2.75, 3.05) is 11.9 Å². The Bertz CT molecular complexity index is 466. The molecule has 0 aromatic heterocycles. The smallest absolute Gasteiger partial charge is 0.211 e. The second-order valence-corrected chi connectivity index (χ2v) is 7.26. The molecule has 1 N–H and O–H groups in total. The van der Waals surface area contributed by atoms with E-state index in [4.69, 9.17) is 0 Å². The lowest BCUT2D eigenvalue weighted by molar-refractivity contribution is 0.420. The number of alkyl halides is 1. The molecule has 5 heteroatoms. The van der Waals surface area contributed by atoms with Crippen LogP contribution in [0.1, 0.15) is 19.4 Å². The van der Waals surface area contributed by atoms with Crippen LogP contribution in [0, 0.1) is 12.3 Å². The summed E-state index contributed by atoms with van der Waals surface area (Å²) in [4.78, 5) is 0.313. The number of sulfonamides is 1. The summed E-state index contributed by atoms with van der Waals surface area (Å²) in [7, 11) is -3.39. The van der Waals surface area contributed by atoms with Crippen molar-refractivity contribution < 1.29 is 8.42 Å². The number of hydrogen-bond donors (Lipinski definition) is 1. The fourth-order valence-electron chi connectivity index (χ4n) is 1.14. The Labute approximate surface area is 112 Å². The molecule has 0 aliphatic carbocycles. The minimum Gasteiger partial charge on any atom is -0.211 e. The molecule has 0 fully saturated rings. The van der Waals surface area contributed by atoms with Crippen molar-refractivity contribution in [2.24, 2.45) is 5.41 Å². The van der Waals surface area contributed by atoms with Crippen LogP contribution >= 0.6 is 15.9 Å². The van der Waals surface area contributed by atoms with Gasteiger partial charge in [-0.05, 0) is 24.5 Å². The number of aryl methyl sites for hydroxylation is 1. The van der Waals surface area contributed by atoms with Crippen LogP contribution in [0.25, 0.3) is 0 Å². The van der Waals surface area contributed by atoms with Gasteiger partial charge in [0.1, 0.15) is 0 Å². The first kappa shape index (κ1) is 14.7. The van der Waals surface area contributed by atoms with Crippen molar-refractivity contribution >= 4 is 26.0 Å². The summed E-state index contributed by atoms with van der Waals surface area (Å²) in [6.45, 7) is 6.34. The van der Waals surface area contributed by atoms with Gasteiger partial charge < -0.3 is 0 Å². The Balaban J connectivity index is 2.79. The molecule has 17 heavy (non-hydrogen) atoms. The molecule has 1 aromatic rings. The molecule has 0 heterocycles. The summed E-state index contributed by atoms with van der Waals surface area (Å²) in [5.41, 5.74) is 0.947. The van der Waals surface area contributed by atoms with Gasteiger partial charge in [0.05, 0.1) is 4.90 Å². The van der Waals surface area contributed by atoms with Crippen molar-refractivity contribution in [3.8, 4) is 0 Å². The van der Waals surface area contributed by atoms with Crippen LogP contribution in [0.2, 0.25) is 0 Å². The summed E-state index contributed by atoms with van der Waals surface area (Å²) < 4.78 is 26.6. The predicted molar refractivity (Wildman–Crippen MR) is 73.9 cm³/mol. The third-order valence-electron chi connectivity index (χ3n) is 2.43. The Hall–Kier alpha value is -0.390. The predicted octanol–water partition coefficient (Wildman–Crippen LogP) is 2.69. The molecule has 0 bridgehead atoms. The van der Waals surface area contributed by atoms with Gasteiger partial charge >= 0.3 is 0 Å². The average molecular weight is 320 g/mol. The van der Waals surface area contributed by atoms with Crippen LogP contribution in [-0.2, 0) is 10.0 Å². The van der Waals surface area contributed by atoms with E-state index in [1.54, 1.807) is 24.3 Å². The van der Waals surface area contributed by atoms with Crippen LogP contribution < -0.4 is 4.72 Å². The summed E-state index contributed by atoms with van der Waals surface area (Å²) in [6.07, 6.45) is 0. The van der Waals surface area contributed by atoms with Crippen LogP contribution in [0.5, 0.6) is 0 Å². The molecule has 0 radical (unpaired) electrons. The van der Waals surface area contributed by atoms with E-state index in [9.17, 15) is 8.42 Å². The molecular formula is C12H18BrNO2S. The SMILES string of the molecule is Cc1ccc(S(=O)(=O)NCC(C)(C)CBr)cc1. The van der Waals surface area contributed by atoms with E-state index in [0.29, 0.717) is 11.4 Å². The Morgan fingerprint density at radius 3 is 2.24 bits per heavy atom. The van der Waals surface area contributed by atoms with Gasteiger partial charge in [0, 0.05) is 11.9 Å². The highest BCUT2D eigenvalue weighted by atomic mass is 79.9. The third kappa shape index (κ3) is 4.41. The van der Waals surface area contributed by atoms with Crippen molar-refractivity contribution in [1.29, 1.82) is 0 Å². The Morgan fingerprint density at radius 2 is 1.76 bits per heavy atom. The molecule has 0 saturated carbocycles. The van der Waals surface area contributed by atoms with Gasteiger partial charge in [-0.25, -0.2) is 13.1 Å². The van der Waals surface area contributed by atoms with Gasteiger partial charge in [0.25, 0.3) is 0 Å². The van der Waals surface area contributed by atoms with E-state index in [0.717, 1.165) is 10.9 Å². The number of halogens is 1. The van der Waals surface area contributed by atoms with E-state index in [-0.39, 0.29) is 5.41 Å². The van der Waals surface area contributed by atoms with Gasteiger partial charge in [-0.1, -0.05) is 47.5 Å². The monoisotopic (exact) mass is 319 g/mol. The van der Waals surface area contributed by atoms with Crippen molar-refractivity contribution in [1.82, 2.24) is 4.72 Å². The maximum Gasteiger partial charge on any atom is 0.240 e. The van der Waals surface area contributed by atoms with E-state index in [1.807, 2.05) is 20.8 Å². The molecule has 1 aromatic carbocycles. The average Bonchev–Trinajstić information content (AvgIpc) is 2.27. The summed E-state index contributed by atoms with van der Waals surface area (Å²) >= 11 is 3.37. The minimum absolute atomic E-state index is 0.0994. The molecule has 0 unspecified atom stereocenters. The number of nitrogens with one attached hydrogen (secondary N) is 1. The van der Waals surface area contributed by atoms with Gasteiger partial charge in [-0.3, -0.25) is 0 Å². The molecule has 0 amide bonds. The topological polar surface area (TPSA) is 46.2 Å². The van der Waals surface area contributed by atoms with Crippen LogP contribution in [-0.4, -0.2) is 20.3 Å². The second-order valence-electron chi connectivity index (χ2n) is 4.94. The zero-order chi connectivity index (χ0) is 13.1. The second kappa shape index (κ2) is 5.50. The summed E-state index contributed by atoms with van der Waals surface area (Å²) in [5, 5.41) is 0.746. The van der Waals surface area contributed by atoms with Crippen molar-refractivity contribution in [3.05, 3.63) is 29.8 Å². The van der Waals surface area contributed by atoms with Gasteiger partial charge in [0.2, 0.25) is 10.0 Å². The van der Waals surface area contributed by atoms with E-state index >= 15 is 0 Å². The van der Waals surface area contributed by atoms with E-state index in [1.165, 1.54) is 0 Å². The van der Waals surface area contributed by atoms with Crippen LogP contribution in [0.3, 0.4) is 0 Å². The minimum atomic E-state index is -3.39. The van der Waals surface area contributed by atoms with E-state index < -0.39 is 10.0 Å². The molecule has 0 atom stereocenters. The van der Waals surface area contributed by atoms with Crippen molar-refractivity contribution in [3.63, 3.8) is 0 Å². The standard InChI is InChI=1S/C12H18BrNO2S/c1-10-4-6-11(7-5-10)17(15,16)14-9-12(2,3)8-13/h4-7,14H,8-9H2,1-3H3. The number of benzene rings is 1. The maximum absolute atomic E-state index is 12.0. The quantitative estimate of drug-likeness (QED) is 0.848. The van der Waals surface area contributed by atoms with Crippen LogP contribution in [0.4, 0.5) is 0 Å². The normalized spacial score (nSPS) is 12.7. The zero-order valence-electron chi connectivity index (χ0n) is 10.3. The fraction of sp³-hybridized carbons (Fsp3) is 0.500. The maximum atomic E-state index is 12.0. The highest BCUT2D eigenvalue weighted by molar-refractivity contribution is 9.09. The lowest BCUT2D eigenvalue weighted by atomic mass is 9.98. The van der Waals surface area contributed by atoms with Gasteiger partial charge in [0.15, 0.2) is 0 Å². The molecule has 96 valence electrons. The first-order valence-corrected chi connectivity index (χ1v) is 8.00. The molecule has 0 aliphatic rings. The molecular weight excluding hydrogens is 302 g/mol. The number of rotatable bonds is 5. The Morgan fingerprint density at radius 1 is 1.24 bits per heavy atom. The lowest BCUT2D eigenvalue weighted by Gasteiger charge is -2.21. The van der Waals surface area contributed by atoms with Crippen LogP contribution in [0.15, 0.2) is 29.2 Å². The largest absolute Gasteiger partial charge is 0.240 e. The fourth-order valence-corrected chi connectivity index (χ4v) is 2.58. The highest BCUT2D eigenvalue weighted by Crippen LogP contribution is 2.18. The summed E-state index contributed by atoms with van der Waals surface area (Å²) in [5.74, 6) is 0. The summed E-state index contributed by atoms with van der Waals surface area (Å²) in [6, 6.07) is 6.84. The van der Waals surface area contributed by atoms with E-state index in [2.05, 4.69) is 20.7 Å². The third-order valence-corrected chi connectivity index (χ3v) is 5.37. The zero-order valence-corrected chi connectivity index (χ0v) is 12.7. The molecule has 0 spiro atoms. The Kier molecular flexibility index (Phi) is 4.75. The first-order valence-electron chi connectivity index (χ1n) is 5.39. The molecule has 3 nitrogen and oxygen atoms in total. The highest BCUT2D eigenvalue weighted by Gasteiger charge is 2.21. The van der Waals surface area contributed by atoms with Crippen molar-refractivity contribution in [2.45, 2.75) is 25.7 Å². The molecule has 1 rings (SSSR count). The molecule has 0 aliphatic heterocycles. The molecule has 0 saturated heterocycles. The van der Waals surface area contributed by atoms with Gasteiger partial charge in [-0.2, -0.15) is 0 Å². The lowest BCUT2D eigenvalue weighted by Crippen LogP contribution is -2.34. The number of hydrogen-bond acceptors (Lipinski definition) is 2.